The van der Waals surface area contributed by atoms with Crippen molar-refractivity contribution in [2.45, 2.75) is 199 Å². The molecule has 0 rings (SSSR count). The number of likely N-dealkylation sites (N-methyl/N-ethyl adjacent to an activating group) is 1. The number of ether oxygens (including phenoxy) is 3. The van der Waals surface area contributed by atoms with Crippen LogP contribution in [-0.4, -0.2) is 75.5 Å². The van der Waals surface area contributed by atoms with Gasteiger partial charge in [-0.1, -0.05) is 187 Å². The first-order valence-electron chi connectivity index (χ1n) is 26.6. The zero-order chi connectivity index (χ0) is 49.9. The van der Waals surface area contributed by atoms with Gasteiger partial charge in [0.2, 0.25) is 0 Å². The normalized spacial score (nSPS) is 13.8. The number of carbonyl (C=O) groups is 3. The first kappa shape index (κ1) is 63.7. The predicted molar refractivity (Wildman–Crippen MR) is 286 cm³/mol. The molecule has 0 saturated carbocycles. The van der Waals surface area contributed by atoms with E-state index in [1.807, 2.05) is 0 Å². The SMILES string of the molecule is CC/C=C/C/C=C/C/C=C/C/C=C/C/C=C/CCCCCCCCC(=O)OCC(COCCC(C(=O)[O-])[N+](C)(C)C)OC(=O)CCCCCCCC/C=C/C/C=C/C/C=C/C/C=C/C/C=C/CC. The number of quaternary nitrogens is 1. The lowest BCUT2D eigenvalue weighted by atomic mass is 10.1. The second-order valence-corrected chi connectivity index (χ2v) is 18.3. The number of carboxylic acids is 1. The summed E-state index contributed by atoms with van der Waals surface area (Å²) in [4.78, 5) is 37.1. The van der Waals surface area contributed by atoms with Crippen molar-refractivity contribution in [3.05, 3.63) is 122 Å². The number of hydrogen-bond acceptors (Lipinski definition) is 7. The second-order valence-electron chi connectivity index (χ2n) is 18.3. The maximum Gasteiger partial charge on any atom is 0.306 e. The Bertz CT molecular complexity index is 1520. The van der Waals surface area contributed by atoms with Gasteiger partial charge >= 0.3 is 11.9 Å². The molecule has 8 heteroatoms. The summed E-state index contributed by atoms with van der Waals surface area (Å²) in [5, 5.41) is 11.7. The number of rotatable bonds is 46. The summed E-state index contributed by atoms with van der Waals surface area (Å²) in [5.41, 5.74) is 0. The number of esters is 2. The first-order valence-corrected chi connectivity index (χ1v) is 26.6. The third-order valence-corrected chi connectivity index (χ3v) is 11.1. The van der Waals surface area contributed by atoms with Crippen LogP contribution in [0.5, 0.6) is 0 Å². The van der Waals surface area contributed by atoms with Gasteiger partial charge in [-0.3, -0.25) is 9.59 Å². The number of allylic oxidation sites excluding steroid dienone is 20. The molecule has 0 spiro atoms. The highest BCUT2D eigenvalue weighted by Gasteiger charge is 2.25. The average molecular weight is 944 g/mol. The second kappa shape index (κ2) is 49.2. The fraction of sp³-hybridized carbons (Fsp3) is 0.617. The molecule has 0 aromatic rings. The summed E-state index contributed by atoms with van der Waals surface area (Å²) in [6, 6.07) is -0.740. The third-order valence-electron chi connectivity index (χ3n) is 11.1. The summed E-state index contributed by atoms with van der Waals surface area (Å²) in [5.74, 6) is -1.79. The third kappa shape index (κ3) is 46.8. The van der Waals surface area contributed by atoms with Crippen LogP contribution in [0.2, 0.25) is 0 Å². The van der Waals surface area contributed by atoms with Gasteiger partial charge in [0.15, 0.2) is 6.10 Å². The molecule has 0 aromatic carbocycles. The standard InChI is InChI=1S/C60H97NO7/c1-6-8-10-12-14-16-18-20-22-24-26-28-30-32-34-36-38-40-42-44-46-48-50-58(62)67-55-56(54-66-53-52-57(60(64)65)61(3,4)5)68-59(63)51-49-47-45-43-41-39-37-35-33-31-29-27-25-23-21-19-17-15-13-11-9-7-2/h8-11,14-17,20-23,26-29,32-35,56-57H,6-7,12-13,18-19,24-25,30-31,36-55H2,1-5H3/b10-8+,11-9+,16-14+,17-15+,22-20+,23-21+,28-26+,29-27+,34-32+,35-33+. The summed E-state index contributed by atoms with van der Waals surface area (Å²) in [6.07, 6.45) is 69.4. The van der Waals surface area contributed by atoms with E-state index < -0.39 is 18.1 Å². The number of carboxylic acid groups (broad SMARTS) is 1. The van der Waals surface area contributed by atoms with E-state index in [4.69, 9.17) is 14.2 Å². The van der Waals surface area contributed by atoms with Crippen LogP contribution in [0.15, 0.2) is 122 Å². The van der Waals surface area contributed by atoms with E-state index in [9.17, 15) is 19.5 Å². The van der Waals surface area contributed by atoms with E-state index in [2.05, 4.69) is 135 Å². The van der Waals surface area contributed by atoms with Gasteiger partial charge in [0, 0.05) is 19.3 Å². The van der Waals surface area contributed by atoms with Gasteiger partial charge in [-0.25, -0.2) is 0 Å². The Balaban J connectivity index is 4.33. The topological polar surface area (TPSA) is 102 Å². The first-order chi connectivity index (χ1) is 33.1. The summed E-state index contributed by atoms with van der Waals surface area (Å²) >= 11 is 0. The van der Waals surface area contributed by atoms with Crippen LogP contribution in [0.1, 0.15) is 187 Å². The molecule has 0 aliphatic carbocycles. The van der Waals surface area contributed by atoms with E-state index in [0.717, 1.165) is 128 Å². The highest BCUT2D eigenvalue weighted by molar-refractivity contribution is 5.70. The van der Waals surface area contributed by atoms with Gasteiger partial charge in [0.1, 0.15) is 12.6 Å². The van der Waals surface area contributed by atoms with Crippen LogP contribution >= 0.6 is 0 Å². The highest BCUT2D eigenvalue weighted by atomic mass is 16.6. The minimum Gasteiger partial charge on any atom is -0.544 e. The van der Waals surface area contributed by atoms with Crippen molar-refractivity contribution in [1.82, 2.24) is 0 Å². The molecule has 0 heterocycles. The van der Waals surface area contributed by atoms with E-state index >= 15 is 0 Å². The van der Waals surface area contributed by atoms with Crippen molar-refractivity contribution >= 4 is 17.9 Å². The Labute approximate surface area is 416 Å². The zero-order valence-electron chi connectivity index (χ0n) is 43.7. The van der Waals surface area contributed by atoms with Crippen LogP contribution in [0.3, 0.4) is 0 Å². The molecule has 0 radical (unpaired) electrons. The number of aliphatic carboxylic acids is 1. The molecular formula is C60H97NO7. The van der Waals surface area contributed by atoms with Crippen molar-refractivity contribution in [2.24, 2.45) is 0 Å². The molecule has 0 saturated heterocycles. The van der Waals surface area contributed by atoms with E-state index in [0.29, 0.717) is 12.8 Å². The van der Waals surface area contributed by atoms with Crippen LogP contribution in [0.25, 0.3) is 0 Å². The lowest BCUT2D eigenvalue weighted by Crippen LogP contribution is -2.55. The van der Waals surface area contributed by atoms with Crippen molar-refractivity contribution < 1.29 is 38.2 Å². The van der Waals surface area contributed by atoms with Crippen molar-refractivity contribution in [3.63, 3.8) is 0 Å². The largest absolute Gasteiger partial charge is 0.544 e. The van der Waals surface area contributed by atoms with E-state index in [-0.39, 0.29) is 42.7 Å². The number of hydrogen-bond donors (Lipinski definition) is 0. The van der Waals surface area contributed by atoms with Gasteiger partial charge in [-0.05, 0) is 103 Å². The molecule has 384 valence electrons. The molecule has 0 bridgehead atoms. The molecule has 0 amide bonds. The summed E-state index contributed by atoms with van der Waals surface area (Å²) < 4.78 is 17.2. The maximum absolute atomic E-state index is 12.8. The van der Waals surface area contributed by atoms with Crippen molar-refractivity contribution in [2.75, 3.05) is 41.0 Å². The van der Waals surface area contributed by atoms with Crippen molar-refractivity contribution in [3.8, 4) is 0 Å². The van der Waals surface area contributed by atoms with Gasteiger partial charge in [-0.2, -0.15) is 0 Å². The van der Waals surface area contributed by atoms with Crippen LogP contribution in [-0.2, 0) is 28.6 Å². The number of carbonyl (C=O) groups excluding carboxylic acids is 3. The van der Waals surface area contributed by atoms with Crippen LogP contribution < -0.4 is 5.11 Å². The molecule has 68 heavy (non-hydrogen) atoms. The van der Waals surface area contributed by atoms with Crippen LogP contribution in [0.4, 0.5) is 0 Å². The molecule has 2 unspecified atom stereocenters. The fourth-order valence-electron chi connectivity index (χ4n) is 7.06. The molecule has 2 atom stereocenters. The average Bonchev–Trinajstić information content (AvgIpc) is 3.30. The van der Waals surface area contributed by atoms with E-state index in [1.165, 1.54) is 25.7 Å². The molecular weight excluding hydrogens is 847 g/mol. The van der Waals surface area contributed by atoms with Crippen molar-refractivity contribution in [1.29, 1.82) is 0 Å². The molecule has 0 aromatic heterocycles. The van der Waals surface area contributed by atoms with Gasteiger partial charge in [0.05, 0.1) is 40.3 Å². The zero-order valence-corrected chi connectivity index (χ0v) is 43.7. The maximum atomic E-state index is 12.8. The Hall–Kier alpha value is -4.27. The van der Waals surface area contributed by atoms with E-state index in [1.54, 1.807) is 21.1 Å². The smallest absolute Gasteiger partial charge is 0.306 e. The number of unbranched alkanes of at least 4 members (excludes halogenated alkanes) is 12. The number of nitrogens with zero attached hydrogens (tertiary/aromatic N) is 1. The fourth-order valence-corrected chi connectivity index (χ4v) is 7.06. The van der Waals surface area contributed by atoms with Gasteiger partial charge < -0.3 is 28.6 Å². The summed E-state index contributed by atoms with van der Waals surface area (Å²) in [7, 11) is 5.39. The molecule has 0 aliphatic heterocycles. The monoisotopic (exact) mass is 944 g/mol. The minimum absolute atomic E-state index is 0.0213. The molecule has 0 aliphatic rings. The van der Waals surface area contributed by atoms with Gasteiger partial charge in [-0.15, -0.1) is 0 Å². The lowest BCUT2D eigenvalue weighted by Gasteiger charge is -2.34. The Kier molecular flexibility index (Phi) is 46.1. The Morgan fingerprint density at radius 3 is 1.15 bits per heavy atom. The molecule has 0 fully saturated rings. The van der Waals surface area contributed by atoms with Gasteiger partial charge in [0.25, 0.3) is 0 Å². The highest BCUT2D eigenvalue weighted by Crippen LogP contribution is 2.13. The quantitative estimate of drug-likeness (QED) is 0.0259. The van der Waals surface area contributed by atoms with Crippen LogP contribution in [0, 0.1) is 0 Å². The Morgan fingerprint density at radius 1 is 0.441 bits per heavy atom. The lowest BCUT2D eigenvalue weighted by molar-refractivity contribution is -0.889. The summed E-state index contributed by atoms with van der Waals surface area (Å²) in [6.45, 7) is 4.39. The molecule has 0 N–H and O–H groups in total. The Morgan fingerprint density at radius 2 is 0.779 bits per heavy atom. The predicted octanol–water partition coefficient (Wildman–Crippen LogP) is 14.4. The molecule has 8 nitrogen and oxygen atoms in total. The minimum atomic E-state index is -1.13.